The first-order chi connectivity index (χ1) is 17.1. The standard InChI is InChI=1S/C23H16ClF4N5O3/c1-35-18-6-3-12(9-14(18)21(34)36-2)15-11-29-22(30-13-4-5-17(25)16(24)10-13)31-20(15)33-8-7-19(32-33)23(26,27)28/h3-11H,1-2H3,(H,29,30,31). The van der Waals surface area contributed by atoms with Crippen LogP contribution in [-0.2, 0) is 10.9 Å². The van der Waals surface area contributed by atoms with Gasteiger partial charge in [0.25, 0.3) is 0 Å². The van der Waals surface area contributed by atoms with Gasteiger partial charge in [0.2, 0.25) is 5.95 Å². The molecule has 0 amide bonds. The zero-order valence-electron chi connectivity index (χ0n) is 18.6. The molecule has 4 rings (SSSR count). The topological polar surface area (TPSA) is 91.2 Å². The van der Waals surface area contributed by atoms with Gasteiger partial charge in [0.05, 0.1) is 19.2 Å². The zero-order valence-corrected chi connectivity index (χ0v) is 19.4. The summed E-state index contributed by atoms with van der Waals surface area (Å²) in [5, 5.41) is 6.28. The number of methoxy groups -OCH3 is 2. The number of hydrogen-bond donors (Lipinski definition) is 1. The molecule has 0 radical (unpaired) electrons. The van der Waals surface area contributed by atoms with Crippen LogP contribution in [0.5, 0.6) is 5.75 Å². The molecule has 0 aliphatic rings. The number of ether oxygens (including phenoxy) is 2. The summed E-state index contributed by atoms with van der Waals surface area (Å²) in [6.45, 7) is 0. The van der Waals surface area contributed by atoms with E-state index in [0.29, 0.717) is 11.3 Å². The van der Waals surface area contributed by atoms with Gasteiger partial charge in [-0.15, -0.1) is 0 Å². The molecular formula is C23H16ClF4N5O3. The summed E-state index contributed by atoms with van der Waals surface area (Å²) in [6, 6.07) is 9.14. The Morgan fingerprint density at radius 1 is 1.11 bits per heavy atom. The summed E-state index contributed by atoms with van der Waals surface area (Å²) in [5.74, 6) is -1.13. The number of alkyl halides is 3. The maximum Gasteiger partial charge on any atom is 0.435 e. The zero-order chi connectivity index (χ0) is 26.0. The van der Waals surface area contributed by atoms with Crippen LogP contribution in [0, 0.1) is 5.82 Å². The van der Waals surface area contributed by atoms with Gasteiger partial charge in [0.15, 0.2) is 11.5 Å². The Bertz CT molecular complexity index is 1440. The van der Waals surface area contributed by atoms with Crippen molar-refractivity contribution in [3.8, 4) is 22.7 Å². The van der Waals surface area contributed by atoms with Crippen LogP contribution in [0.25, 0.3) is 16.9 Å². The molecule has 0 saturated heterocycles. The van der Waals surface area contributed by atoms with Crippen molar-refractivity contribution in [1.29, 1.82) is 0 Å². The number of halogens is 5. The molecule has 13 heteroatoms. The lowest BCUT2D eigenvalue weighted by Crippen LogP contribution is -2.10. The third-order valence-corrected chi connectivity index (χ3v) is 5.25. The molecule has 0 fully saturated rings. The highest BCUT2D eigenvalue weighted by Crippen LogP contribution is 2.33. The Balaban J connectivity index is 1.85. The molecule has 0 aliphatic carbocycles. The molecule has 4 aromatic rings. The fraction of sp³-hybridized carbons (Fsp3) is 0.130. The average molecular weight is 522 g/mol. The van der Waals surface area contributed by atoms with Crippen molar-refractivity contribution >= 4 is 29.2 Å². The van der Waals surface area contributed by atoms with E-state index in [9.17, 15) is 22.4 Å². The summed E-state index contributed by atoms with van der Waals surface area (Å²) in [4.78, 5) is 20.8. The van der Waals surface area contributed by atoms with Crippen molar-refractivity contribution in [2.24, 2.45) is 0 Å². The van der Waals surface area contributed by atoms with Crippen LogP contribution in [-0.4, -0.2) is 39.9 Å². The molecule has 2 aromatic heterocycles. The Morgan fingerprint density at radius 2 is 1.89 bits per heavy atom. The molecule has 2 aromatic carbocycles. The number of rotatable bonds is 6. The van der Waals surface area contributed by atoms with E-state index in [1.165, 1.54) is 44.7 Å². The van der Waals surface area contributed by atoms with E-state index in [4.69, 9.17) is 21.1 Å². The monoisotopic (exact) mass is 521 g/mol. The second kappa shape index (κ2) is 9.82. The van der Waals surface area contributed by atoms with Gasteiger partial charge in [-0.25, -0.2) is 18.9 Å². The first kappa shape index (κ1) is 24.9. The van der Waals surface area contributed by atoms with E-state index in [0.717, 1.165) is 23.0 Å². The number of hydrogen-bond acceptors (Lipinski definition) is 7. The quantitative estimate of drug-likeness (QED) is 0.258. The number of anilines is 2. The van der Waals surface area contributed by atoms with Gasteiger partial charge in [-0.2, -0.15) is 23.3 Å². The average Bonchev–Trinajstić information content (AvgIpc) is 3.36. The van der Waals surface area contributed by atoms with Gasteiger partial charge in [-0.1, -0.05) is 17.7 Å². The normalized spacial score (nSPS) is 11.3. The highest BCUT2D eigenvalue weighted by molar-refractivity contribution is 6.31. The molecular weight excluding hydrogens is 506 g/mol. The van der Waals surface area contributed by atoms with Crippen LogP contribution in [0.1, 0.15) is 16.1 Å². The fourth-order valence-corrected chi connectivity index (χ4v) is 3.43. The number of nitrogens with zero attached hydrogens (tertiary/aromatic N) is 4. The largest absolute Gasteiger partial charge is 0.496 e. The number of carbonyl (C=O) groups excluding carboxylic acids is 1. The molecule has 0 bridgehead atoms. The molecule has 0 saturated carbocycles. The maximum atomic E-state index is 13.5. The number of benzene rings is 2. The summed E-state index contributed by atoms with van der Waals surface area (Å²) in [6.07, 6.45) is -2.24. The van der Waals surface area contributed by atoms with Crippen molar-refractivity contribution in [3.63, 3.8) is 0 Å². The number of carbonyl (C=O) groups is 1. The van der Waals surface area contributed by atoms with Crippen LogP contribution >= 0.6 is 11.6 Å². The van der Waals surface area contributed by atoms with Gasteiger partial charge in [0.1, 0.15) is 17.1 Å². The van der Waals surface area contributed by atoms with Crippen molar-refractivity contribution < 1.29 is 31.8 Å². The second-order valence-electron chi connectivity index (χ2n) is 7.23. The predicted molar refractivity (Wildman–Crippen MR) is 122 cm³/mol. The predicted octanol–water partition coefficient (Wildman–Crippen LogP) is 5.68. The lowest BCUT2D eigenvalue weighted by Gasteiger charge is -2.14. The minimum absolute atomic E-state index is 0.0258. The maximum absolute atomic E-state index is 13.5. The Morgan fingerprint density at radius 3 is 2.53 bits per heavy atom. The minimum Gasteiger partial charge on any atom is -0.496 e. The second-order valence-corrected chi connectivity index (χ2v) is 7.64. The lowest BCUT2D eigenvalue weighted by atomic mass is 10.0. The fourth-order valence-electron chi connectivity index (χ4n) is 3.25. The van der Waals surface area contributed by atoms with Gasteiger partial charge < -0.3 is 14.8 Å². The summed E-state index contributed by atoms with van der Waals surface area (Å²) < 4.78 is 64.1. The Labute approximate surface area is 206 Å². The lowest BCUT2D eigenvalue weighted by molar-refractivity contribution is -0.141. The van der Waals surface area contributed by atoms with E-state index in [-0.39, 0.29) is 33.7 Å². The highest BCUT2D eigenvalue weighted by Gasteiger charge is 2.34. The first-order valence-corrected chi connectivity index (χ1v) is 10.5. The third-order valence-electron chi connectivity index (χ3n) is 4.96. The van der Waals surface area contributed by atoms with E-state index >= 15 is 0 Å². The Kier molecular flexibility index (Phi) is 6.80. The van der Waals surface area contributed by atoms with Crippen molar-refractivity contribution in [2.75, 3.05) is 19.5 Å². The van der Waals surface area contributed by atoms with Crippen LogP contribution in [0.15, 0.2) is 54.9 Å². The number of nitrogens with one attached hydrogen (secondary N) is 1. The molecule has 186 valence electrons. The summed E-state index contributed by atoms with van der Waals surface area (Å²) >= 11 is 5.81. The smallest absolute Gasteiger partial charge is 0.435 e. The van der Waals surface area contributed by atoms with Gasteiger partial charge in [-0.3, -0.25) is 0 Å². The van der Waals surface area contributed by atoms with Crippen molar-refractivity contribution in [2.45, 2.75) is 6.18 Å². The van der Waals surface area contributed by atoms with Crippen molar-refractivity contribution in [3.05, 3.63) is 77.0 Å². The molecule has 8 nitrogen and oxygen atoms in total. The number of aromatic nitrogens is 4. The molecule has 1 N–H and O–H groups in total. The van der Waals surface area contributed by atoms with E-state index in [1.54, 1.807) is 6.07 Å². The number of esters is 1. The molecule has 0 unspecified atom stereocenters. The molecule has 0 spiro atoms. The summed E-state index contributed by atoms with van der Waals surface area (Å²) in [7, 11) is 2.58. The van der Waals surface area contributed by atoms with E-state index in [2.05, 4.69) is 20.4 Å². The van der Waals surface area contributed by atoms with Gasteiger partial charge in [-0.05, 0) is 42.0 Å². The van der Waals surface area contributed by atoms with Crippen LogP contribution in [0.4, 0.5) is 29.2 Å². The van der Waals surface area contributed by atoms with Crippen molar-refractivity contribution in [1.82, 2.24) is 19.7 Å². The minimum atomic E-state index is -4.68. The molecule has 36 heavy (non-hydrogen) atoms. The first-order valence-electron chi connectivity index (χ1n) is 10.1. The highest BCUT2D eigenvalue weighted by atomic mass is 35.5. The summed E-state index contributed by atoms with van der Waals surface area (Å²) in [5.41, 5.74) is -0.0668. The van der Waals surface area contributed by atoms with Crippen LogP contribution in [0.2, 0.25) is 5.02 Å². The third kappa shape index (κ3) is 5.08. The van der Waals surface area contributed by atoms with E-state index < -0.39 is 23.7 Å². The Hall–Kier alpha value is -4.19. The molecule has 0 aliphatic heterocycles. The van der Waals surface area contributed by atoms with Crippen LogP contribution < -0.4 is 10.1 Å². The van der Waals surface area contributed by atoms with E-state index in [1.807, 2.05) is 0 Å². The SMILES string of the molecule is COC(=O)c1cc(-c2cnc(Nc3ccc(F)c(Cl)c3)nc2-n2ccc(C(F)(F)F)n2)ccc1OC. The molecule has 2 heterocycles. The molecule has 0 atom stereocenters. The van der Waals surface area contributed by atoms with Crippen LogP contribution in [0.3, 0.4) is 0 Å². The van der Waals surface area contributed by atoms with Gasteiger partial charge in [0, 0.05) is 23.6 Å². The van der Waals surface area contributed by atoms with Gasteiger partial charge >= 0.3 is 12.1 Å².